The third-order valence-electron chi connectivity index (χ3n) is 2.71. The quantitative estimate of drug-likeness (QED) is 0.861. The molecule has 0 aromatic heterocycles. The number of rotatable bonds is 5. The van der Waals surface area contributed by atoms with E-state index in [0.29, 0.717) is 5.69 Å². The summed E-state index contributed by atoms with van der Waals surface area (Å²) >= 11 is 0. The molecule has 114 valence electrons. The summed E-state index contributed by atoms with van der Waals surface area (Å²) < 4.78 is 30.3. The summed E-state index contributed by atoms with van der Waals surface area (Å²) in [5.41, 5.74) is 1.29. The maximum absolute atomic E-state index is 11.8. The van der Waals surface area contributed by atoms with Crippen LogP contribution in [0, 0.1) is 0 Å². The van der Waals surface area contributed by atoms with Gasteiger partial charge < -0.3 is 4.18 Å². The van der Waals surface area contributed by atoms with Crippen molar-refractivity contribution in [1.82, 2.24) is 0 Å². The summed E-state index contributed by atoms with van der Waals surface area (Å²) in [5, 5.41) is 0. The van der Waals surface area contributed by atoms with Crippen LogP contribution in [0.3, 0.4) is 0 Å². The molecule has 2 aromatic rings. The lowest BCUT2D eigenvalue weighted by molar-refractivity contribution is -0.129. The van der Waals surface area contributed by atoms with Crippen LogP contribution in [0.15, 0.2) is 66.2 Å². The van der Waals surface area contributed by atoms with Crippen molar-refractivity contribution >= 4 is 28.0 Å². The lowest BCUT2D eigenvalue weighted by atomic mass is 10.1. The first kappa shape index (κ1) is 15.8. The minimum Gasteiger partial charge on any atom is -0.326 e. The molecule has 0 aliphatic carbocycles. The van der Waals surface area contributed by atoms with Crippen LogP contribution < -0.4 is 4.72 Å². The Morgan fingerprint density at radius 2 is 1.55 bits per heavy atom. The lowest BCUT2D eigenvalue weighted by Gasteiger charge is -2.08. The largest absolute Gasteiger partial charge is 0.410 e. The molecule has 0 bridgehead atoms. The van der Waals surface area contributed by atoms with Gasteiger partial charge in [-0.15, -0.1) is 0 Å². The summed E-state index contributed by atoms with van der Waals surface area (Å²) in [6, 6.07) is 17.3. The Morgan fingerprint density at radius 3 is 2.14 bits per heavy atom. The van der Waals surface area contributed by atoms with Crippen LogP contribution in [-0.2, 0) is 19.3 Å². The number of anilines is 1. The summed E-state index contributed by atoms with van der Waals surface area (Å²) in [7, 11) is -4.21. The Morgan fingerprint density at radius 1 is 1.00 bits per heavy atom. The highest BCUT2D eigenvalue weighted by Gasteiger charge is 2.18. The molecule has 0 aliphatic heterocycles. The number of benzene rings is 2. The third-order valence-corrected chi connectivity index (χ3v) is 3.56. The van der Waals surface area contributed by atoms with Gasteiger partial charge in [0, 0.05) is 5.57 Å². The van der Waals surface area contributed by atoms with Crippen molar-refractivity contribution in [2.45, 2.75) is 6.92 Å². The van der Waals surface area contributed by atoms with Crippen molar-refractivity contribution in [2.24, 2.45) is 0 Å². The van der Waals surface area contributed by atoms with E-state index in [1.54, 1.807) is 48.5 Å². The molecule has 22 heavy (non-hydrogen) atoms. The van der Waals surface area contributed by atoms with Crippen LogP contribution in [-0.4, -0.2) is 14.4 Å². The Kier molecular flexibility index (Phi) is 4.95. The topological polar surface area (TPSA) is 72.5 Å². The highest BCUT2D eigenvalue weighted by Crippen LogP contribution is 2.12. The number of para-hydroxylation sites is 1. The van der Waals surface area contributed by atoms with Crippen LogP contribution in [0.4, 0.5) is 5.69 Å². The minimum absolute atomic E-state index is 0.185. The molecule has 0 fully saturated rings. The maximum atomic E-state index is 11.8. The molecule has 6 heteroatoms. The van der Waals surface area contributed by atoms with Gasteiger partial charge >= 0.3 is 16.3 Å². The van der Waals surface area contributed by atoms with E-state index < -0.39 is 16.3 Å². The van der Waals surface area contributed by atoms with Gasteiger partial charge in [-0.05, 0) is 30.7 Å². The second-order valence-electron chi connectivity index (χ2n) is 4.53. The second-order valence-corrected chi connectivity index (χ2v) is 5.81. The predicted octanol–water partition coefficient (Wildman–Crippen LogP) is 2.99. The smallest absolute Gasteiger partial charge is 0.326 e. The average molecular weight is 317 g/mol. The number of carbonyl (C=O) groups excluding carboxylic acids is 1. The molecule has 0 saturated heterocycles. The highest BCUT2D eigenvalue weighted by molar-refractivity contribution is 7.88. The molecule has 0 saturated carbocycles. The first-order valence-electron chi connectivity index (χ1n) is 6.51. The van der Waals surface area contributed by atoms with Crippen LogP contribution in [0.5, 0.6) is 0 Å². The average Bonchev–Trinajstić information content (AvgIpc) is 2.48. The van der Waals surface area contributed by atoms with Crippen molar-refractivity contribution in [1.29, 1.82) is 0 Å². The van der Waals surface area contributed by atoms with E-state index >= 15 is 0 Å². The van der Waals surface area contributed by atoms with Gasteiger partial charge in [-0.3, -0.25) is 4.72 Å². The zero-order valence-electron chi connectivity index (χ0n) is 11.9. The van der Waals surface area contributed by atoms with E-state index in [0.717, 1.165) is 5.56 Å². The third kappa shape index (κ3) is 4.75. The van der Waals surface area contributed by atoms with Crippen molar-refractivity contribution in [3.63, 3.8) is 0 Å². The SMILES string of the molecule is CC(=Cc1ccccc1)C(=O)OS(=O)(=O)Nc1ccccc1. The molecular weight excluding hydrogens is 302 g/mol. The summed E-state index contributed by atoms with van der Waals surface area (Å²) in [4.78, 5) is 11.8. The van der Waals surface area contributed by atoms with Gasteiger partial charge in [0.15, 0.2) is 0 Å². The van der Waals surface area contributed by atoms with E-state index in [1.807, 2.05) is 18.2 Å². The Bertz CT molecular complexity index is 768. The van der Waals surface area contributed by atoms with Crippen LogP contribution >= 0.6 is 0 Å². The number of nitrogens with one attached hydrogen (secondary N) is 1. The Balaban J connectivity index is 2.06. The monoisotopic (exact) mass is 317 g/mol. The summed E-state index contributed by atoms with van der Waals surface area (Å²) in [5.74, 6) is -0.924. The molecule has 0 aliphatic rings. The van der Waals surface area contributed by atoms with E-state index in [1.165, 1.54) is 6.92 Å². The molecule has 0 spiro atoms. The Hall–Kier alpha value is -2.60. The molecule has 0 heterocycles. The van der Waals surface area contributed by atoms with Crippen molar-refractivity contribution in [2.75, 3.05) is 4.72 Å². The standard InChI is InChI=1S/C16H15NO4S/c1-13(12-14-8-4-2-5-9-14)16(18)21-22(19,20)17-15-10-6-3-7-11-15/h2-12,17H,1H3. The van der Waals surface area contributed by atoms with Gasteiger partial charge in [-0.2, -0.15) is 8.42 Å². The number of carbonyl (C=O) groups is 1. The fraction of sp³-hybridized carbons (Fsp3) is 0.0625. The van der Waals surface area contributed by atoms with Gasteiger partial charge in [0.25, 0.3) is 0 Å². The lowest BCUT2D eigenvalue weighted by Crippen LogP contribution is -2.20. The first-order valence-corrected chi connectivity index (χ1v) is 7.92. The molecule has 0 radical (unpaired) electrons. The highest BCUT2D eigenvalue weighted by atomic mass is 32.2. The number of hydrogen-bond acceptors (Lipinski definition) is 4. The van der Waals surface area contributed by atoms with Crippen molar-refractivity contribution in [3.8, 4) is 0 Å². The molecule has 2 rings (SSSR count). The fourth-order valence-corrected chi connectivity index (χ4v) is 2.49. The first-order chi connectivity index (χ1) is 10.5. The summed E-state index contributed by atoms with van der Waals surface area (Å²) in [6.07, 6.45) is 1.56. The fourth-order valence-electron chi connectivity index (χ4n) is 1.69. The van der Waals surface area contributed by atoms with E-state index in [2.05, 4.69) is 8.91 Å². The molecular formula is C16H15NO4S. The molecule has 1 N–H and O–H groups in total. The van der Waals surface area contributed by atoms with Gasteiger partial charge in [-0.1, -0.05) is 48.5 Å². The molecule has 5 nitrogen and oxygen atoms in total. The van der Waals surface area contributed by atoms with Crippen molar-refractivity contribution < 1.29 is 17.4 Å². The molecule has 2 aromatic carbocycles. The molecule has 0 atom stereocenters. The zero-order valence-corrected chi connectivity index (χ0v) is 12.7. The minimum atomic E-state index is -4.21. The Labute approximate surface area is 129 Å². The van der Waals surface area contributed by atoms with Crippen LogP contribution in [0.2, 0.25) is 0 Å². The van der Waals surface area contributed by atoms with Gasteiger partial charge in [0.2, 0.25) is 0 Å². The predicted molar refractivity (Wildman–Crippen MR) is 85.2 cm³/mol. The van der Waals surface area contributed by atoms with Crippen LogP contribution in [0.25, 0.3) is 6.08 Å². The van der Waals surface area contributed by atoms with Crippen LogP contribution in [0.1, 0.15) is 12.5 Å². The zero-order chi connectivity index (χ0) is 16.0. The van der Waals surface area contributed by atoms with E-state index in [9.17, 15) is 13.2 Å². The van der Waals surface area contributed by atoms with Gasteiger partial charge in [0.1, 0.15) is 0 Å². The van der Waals surface area contributed by atoms with Gasteiger partial charge in [-0.25, -0.2) is 4.79 Å². The molecule has 0 unspecified atom stereocenters. The van der Waals surface area contributed by atoms with E-state index in [-0.39, 0.29) is 5.57 Å². The van der Waals surface area contributed by atoms with Crippen molar-refractivity contribution in [3.05, 3.63) is 71.8 Å². The normalized spacial score (nSPS) is 11.8. The summed E-state index contributed by atoms with van der Waals surface area (Å²) in [6.45, 7) is 1.49. The second kappa shape index (κ2) is 6.91. The number of hydrogen-bond donors (Lipinski definition) is 1. The van der Waals surface area contributed by atoms with E-state index in [4.69, 9.17) is 0 Å². The maximum Gasteiger partial charge on any atom is 0.410 e. The van der Waals surface area contributed by atoms with Gasteiger partial charge in [0.05, 0.1) is 5.69 Å². The molecule has 0 amide bonds.